The Balaban J connectivity index is 0.00000280. The van der Waals surface area contributed by atoms with Crippen LogP contribution in [0.2, 0.25) is 0 Å². The van der Waals surface area contributed by atoms with Gasteiger partial charge in [0.2, 0.25) is 11.8 Å². The van der Waals surface area contributed by atoms with E-state index in [1.165, 1.54) is 30.4 Å². The van der Waals surface area contributed by atoms with Crippen molar-refractivity contribution in [3.05, 3.63) is 35.4 Å². The summed E-state index contributed by atoms with van der Waals surface area (Å²) in [7, 11) is 0. The summed E-state index contributed by atoms with van der Waals surface area (Å²) in [4.78, 5) is 25.7. The summed E-state index contributed by atoms with van der Waals surface area (Å²) < 4.78 is 0. The lowest BCUT2D eigenvalue weighted by Gasteiger charge is -2.29. The Labute approximate surface area is 174 Å². The van der Waals surface area contributed by atoms with E-state index in [0.29, 0.717) is 25.3 Å². The van der Waals surface area contributed by atoms with Gasteiger partial charge in [0.05, 0.1) is 6.04 Å². The molecule has 5 nitrogen and oxygen atoms in total. The molecular weight excluding hydrogens is 374 g/mol. The van der Waals surface area contributed by atoms with Gasteiger partial charge in [-0.15, -0.1) is 12.4 Å². The molecule has 3 N–H and O–H groups in total. The zero-order chi connectivity index (χ0) is 19.2. The smallest absolute Gasteiger partial charge is 0.242 e. The lowest BCUT2D eigenvalue weighted by Crippen LogP contribution is -2.55. The second-order valence-corrected chi connectivity index (χ2v) is 8.44. The van der Waals surface area contributed by atoms with Gasteiger partial charge in [0.25, 0.3) is 0 Å². The minimum Gasteiger partial charge on any atom is -0.352 e. The van der Waals surface area contributed by atoms with Gasteiger partial charge in [0.15, 0.2) is 0 Å². The monoisotopic (exact) mass is 407 g/mol. The second kappa shape index (κ2) is 10.8. The fourth-order valence-electron chi connectivity index (χ4n) is 4.16. The van der Waals surface area contributed by atoms with E-state index in [-0.39, 0.29) is 36.3 Å². The first-order chi connectivity index (χ1) is 13.0. The first kappa shape index (κ1) is 22.7. The number of hydrogen-bond acceptors (Lipinski definition) is 3. The standard InChI is InChI=1S/C22H33N3O2.ClH/c1-15(2)12-20(22(27)24-18-10-4-3-5-11-18)25-21(26)19-13-16-8-6-7-9-17(16)14-23-19;/h6-9,15,18-20,23H,3-5,10-14H2,1-2H3,(H,24,27)(H,25,26);1H/t19-,20+;/m0./s1. The lowest BCUT2D eigenvalue weighted by molar-refractivity contribution is -0.131. The van der Waals surface area contributed by atoms with E-state index >= 15 is 0 Å². The highest BCUT2D eigenvalue weighted by Gasteiger charge is 2.29. The molecule has 1 aliphatic heterocycles. The molecule has 1 saturated carbocycles. The van der Waals surface area contributed by atoms with Crippen LogP contribution in [0, 0.1) is 5.92 Å². The number of amides is 2. The summed E-state index contributed by atoms with van der Waals surface area (Å²) in [6, 6.07) is 7.73. The molecule has 1 aliphatic carbocycles. The van der Waals surface area contributed by atoms with Crippen molar-refractivity contribution < 1.29 is 9.59 Å². The maximum atomic E-state index is 12.8. The molecule has 0 saturated heterocycles. The number of benzene rings is 1. The van der Waals surface area contributed by atoms with Crippen molar-refractivity contribution in [2.45, 2.75) is 83.5 Å². The SMILES string of the molecule is CC(C)C[C@@H](NC(=O)[C@@H]1Cc2ccccc2CN1)C(=O)NC1CCCCC1.Cl. The van der Waals surface area contributed by atoms with E-state index in [1.54, 1.807) is 0 Å². The number of fused-ring (bicyclic) bond motifs is 1. The van der Waals surface area contributed by atoms with Gasteiger partial charge in [0, 0.05) is 12.6 Å². The summed E-state index contributed by atoms with van der Waals surface area (Å²) in [5.74, 6) is 0.238. The Morgan fingerprint density at radius 1 is 1.11 bits per heavy atom. The van der Waals surface area contributed by atoms with Crippen LogP contribution < -0.4 is 16.0 Å². The van der Waals surface area contributed by atoms with Crippen molar-refractivity contribution in [3.8, 4) is 0 Å². The van der Waals surface area contributed by atoms with Crippen LogP contribution in [-0.4, -0.2) is 29.9 Å². The van der Waals surface area contributed by atoms with E-state index in [1.807, 2.05) is 12.1 Å². The third kappa shape index (κ3) is 6.21. The molecule has 28 heavy (non-hydrogen) atoms. The molecule has 2 atom stereocenters. The van der Waals surface area contributed by atoms with Crippen LogP contribution >= 0.6 is 12.4 Å². The zero-order valence-electron chi connectivity index (χ0n) is 17.0. The molecule has 1 heterocycles. The summed E-state index contributed by atoms with van der Waals surface area (Å²) in [6.07, 6.45) is 7.04. The van der Waals surface area contributed by atoms with Gasteiger partial charge in [-0.1, -0.05) is 57.4 Å². The minimum atomic E-state index is -0.460. The van der Waals surface area contributed by atoms with E-state index in [2.05, 4.69) is 41.9 Å². The highest BCUT2D eigenvalue weighted by molar-refractivity contribution is 5.90. The average molecular weight is 408 g/mol. The van der Waals surface area contributed by atoms with Crippen LogP contribution in [-0.2, 0) is 22.6 Å². The van der Waals surface area contributed by atoms with E-state index in [4.69, 9.17) is 0 Å². The predicted octanol–water partition coefficient (Wildman–Crippen LogP) is 3.10. The van der Waals surface area contributed by atoms with Crippen molar-refractivity contribution in [2.24, 2.45) is 5.92 Å². The van der Waals surface area contributed by atoms with Crippen LogP contribution in [0.4, 0.5) is 0 Å². The third-order valence-electron chi connectivity index (χ3n) is 5.69. The fourth-order valence-corrected chi connectivity index (χ4v) is 4.16. The van der Waals surface area contributed by atoms with Crippen LogP contribution in [0.3, 0.4) is 0 Å². The maximum Gasteiger partial charge on any atom is 0.242 e. The van der Waals surface area contributed by atoms with Crippen LogP contribution in [0.15, 0.2) is 24.3 Å². The molecule has 1 aromatic carbocycles. The van der Waals surface area contributed by atoms with Gasteiger partial charge in [-0.2, -0.15) is 0 Å². The molecule has 6 heteroatoms. The molecule has 0 unspecified atom stereocenters. The summed E-state index contributed by atoms with van der Waals surface area (Å²) in [5, 5.41) is 9.51. The van der Waals surface area contributed by atoms with Gasteiger partial charge >= 0.3 is 0 Å². The van der Waals surface area contributed by atoms with Crippen LogP contribution in [0.25, 0.3) is 0 Å². The Kier molecular flexibility index (Phi) is 8.77. The summed E-state index contributed by atoms with van der Waals surface area (Å²) >= 11 is 0. The molecule has 0 aromatic heterocycles. The predicted molar refractivity (Wildman–Crippen MR) is 114 cm³/mol. The van der Waals surface area contributed by atoms with Crippen molar-refractivity contribution in [1.29, 1.82) is 0 Å². The maximum absolute atomic E-state index is 12.8. The summed E-state index contributed by atoms with van der Waals surface area (Å²) in [5.41, 5.74) is 2.46. The quantitative estimate of drug-likeness (QED) is 0.678. The number of hydrogen-bond donors (Lipinski definition) is 3. The molecule has 3 rings (SSSR count). The summed E-state index contributed by atoms with van der Waals surface area (Å²) in [6.45, 7) is 4.86. The van der Waals surface area contributed by atoms with Gasteiger partial charge in [-0.05, 0) is 42.7 Å². The van der Waals surface area contributed by atoms with Crippen LogP contribution in [0.1, 0.15) is 63.5 Å². The molecular formula is C22H34ClN3O2. The molecule has 1 fully saturated rings. The molecule has 0 bridgehead atoms. The van der Waals surface area contributed by atoms with Crippen LogP contribution in [0.5, 0.6) is 0 Å². The number of halogens is 1. The van der Waals surface area contributed by atoms with Crippen molar-refractivity contribution >= 4 is 24.2 Å². The Morgan fingerprint density at radius 3 is 2.46 bits per heavy atom. The first-order valence-corrected chi connectivity index (χ1v) is 10.4. The van der Waals surface area contributed by atoms with Gasteiger partial charge in [-0.25, -0.2) is 0 Å². The number of carbonyl (C=O) groups is 2. The molecule has 0 radical (unpaired) electrons. The fraction of sp³-hybridized carbons (Fsp3) is 0.636. The zero-order valence-corrected chi connectivity index (χ0v) is 17.8. The Morgan fingerprint density at radius 2 is 1.79 bits per heavy atom. The van der Waals surface area contributed by atoms with Gasteiger partial charge in [0.1, 0.15) is 6.04 Å². The molecule has 0 spiro atoms. The molecule has 156 valence electrons. The lowest BCUT2D eigenvalue weighted by atomic mass is 9.94. The van der Waals surface area contributed by atoms with E-state index in [9.17, 15) is 9.59 Å². The van der Waals surface area contributed by atoms with E-state index < -0.39 is 6.04 Å². The second-order valence-electron chi connectivity index (χ2n) is 8.44. The van der Waals surface area contributed by atoms with Gasteiger partial charge < -0.3 is 16.0 Å². The number of carbonyl (C=O) groups excluding carboxylic acids is 2. The normalized spacial score (nSPS) is 20.6. The highest BCUT2D eigenvalue weighted by atomic mass is 35.5. The first-order valence-electron chi connectivity index (χ1n) is 10.4. The van der Waals surface area contributed by atoms with Crippen molar-refractivity contribution in [2.75, 3.05) is 0 Å². The number of nitrogens with one attached hydrogen (secondary N) is 3. The largest absolute Gasteiger partial charge is 0.352 e. The highest BCUT2D eigenvalue weighted by Crippen LogP contribution is 2.19. The third-order valence-corrected chi connectivity index (χ3v) is 5.69. The molecule has 2 aliphatic rings. The van der Waals surface area contributed by atoms with Crippen molar-refractivity contribution in [3.63, 3.8) is 0 Å². The number of rotatable bonds is 6. The van der Waals surface area contributed by atoms with E-state index in [0.717, 1.165) is 12.8 Å². The average Bonchev–Trinajstić information content (AvgIpc) is 2.67. The molecule has 1 aromatic rings. The topological polar surface area (TPSA) is 70.2 Å². The van der Waals surface area contributed by atoms with Crippen molar-refractivity contribution in [1.82, 2.24) is 16.0 Å². The van der Waals surface area contributed by atoms with Gasteiger partial charge in [-0.3, -0.25) is 9.59 Å². The minimum absolute atomic E-state index is 0. The molecule has 2 amide bonds. The Bertz CT molecular complexity index is 659. The Hall–Kier alpha value is -1.59.